The summed E-state index contributed by atoms with van der Waals surface area (Å²) in [4.78, 5) is 41.1. The first-order valence-corrected chi connectivity index (χ1v) is 7.59. The van der Waals surface area contributed by atoms with E-state index in [1.54, 1.807) is 19.9 Å². The van der Waals surface area contributed by atoms with Crippen LogP contribution in [0.3, 0.4) is 0 Å². The second-order valence-corrected chi connectivity index (χ2v) is 6.62. The number of carboxylic acids is 1. The minimum Gasteiger partial charge on any atom is -0.480 e. The van der Waals surface area contributed by atoms with E-state index in [1.807, 2.05) is 6.92 Å². The molecule has 22 heavy (non-hydrogen) atoms. The van der Waals surface area contributed by atoms with Crippen LogP contribution >= 0.6 is 11.3 Å². The lowest BCUT2D eigenvalue weighted by Gasteiger charge is -2.18. The Bertz CT molecular complexity index is 778. The van der Waals surface area contributed by atoms with Crippen LogP contribution in [0.15, 0.2) is 17.2 Å². The van der Waals surface area contributed by atoms with Crippen LogP contribution in [-0.4, -0.2) is 32.6 Å². The molecule has 0 bridgehead atoms. The summed E-state index contributed by atoms with van der Waals surface area (Å²) in [5.74, 6) is -1.88. The molecule has 0 aliphatic heterocycles. The zero-order chi connectivity index (χ0) is 16.4. The van der Waals surface area contributed by atoms with E-state index < -0.39 is 17.9 Å². The van der Waals surface area contributed by atoms with Crippen molar-refractivity contribution < 1.29 is 14.7 Å². The lowest BCUT2D eigenvalue weighted by atomic mass is 10.1. The molecule has 0 aromatic carbocycles. The maximum Gasteiger partial charge on any atom is 0.326 e. The monoisotopic (exact) mass is 323 g/mol. The molecule has 0 saturated heterocycles. The number of amides is 1. The summed E-state index contributed by atoms with van der Waals surface area (Å²) in [5.41, 5.74) is -0.305. The smallest absolute Gasteiger partial charge is 0.326 e. The number of carbonyl (C=O) groups is 2. The van der Waals surface area contributed by atoms with Gasteiger partial charge in [-0.15, -0.1) is 11.3 Å². The molecule has 2 heterocycles. The third-order valence-corrected chi connectivity index (χ3v) is 4.16. The Labute approximate surface area is 130 Å². The summed E-state index contributed by atoms with van der Waals surface area (Å²) in [5, 5.41) is 12.0. The van der Waals surface area contributed by atoms with Crippen molar-refractivity contribution in [1.29, 1.82) is 0 Å². The highest BCUT2D eigenvalue weighted by molar-refractivity contribution is 7.18. The molecule has 1 unspecified atom stereocenters. The zero-order valence-corrected chi connectivity index (χ0v) is 13.3. The van der Waals surface area contributed by atoms with Crippen LogP contribution < -0.4 is 10.9 Å². The molecule has 2 aromatic rings. The van der Waals surface area contributed by atoms with Gasteiger partial charge in [-0.25, -0.2) is 9.78 Å². The van der Waals surface area contributed by atoms with Crippen molar-refractivity contribution in [3.63, 3.8) is 0 Å². The number of aliphatic carboxylic acids is 1. The second-order valence-electron chi connectivity index (χ2n) is 5.38. The van der Waals surface area contributed by atoms with E-state index in [-0.39, 0.29) is 18.0 Å². The van der Waals surface area contributed by atoms with Gasteiger partial charge in [0.25, 0.3) is 5.56 Å². The summed E-state index contributed by atoms with van der Waals surface area (Å²) in [6.45, 7) is 5.02. The van der Waals surface area contributed by atoms with Crippen LogP contribution in [0.1, 0.15) is 18.7 Å². The van der Waals surface area contributed by atoms with Gasteiger partial charge in [0.15, 0.2) is 0 Å². The fraction of sp³-hybridized carbons (Fsp3) is 0.429. The predicted octanol–water partition coefficient (Wildman–Crippen LogP) is 0.992. The molecule has 118 valence electrons. The van der Waals surface area contributed by atoms with Gasteiger partial charge in [0.2, 0.25) is 5.91 Å². The van der Waals surface area contributed by atoms with Crippen molar-refractivity contribution in [2.24, 2.45) is 5.92 Å². The molecular weight excluding hydrogens is 306 g/mol. The van der Waals surface area contributed by atoms with Crippen LogP contribution in [0.2, 0.25) is 0 Å². The van der Waals surface area contributed by atoms with Gasteiger partial charge in [-0.2, -0.15) is 0 Å². The summed E-state index contributed by atoms with van der Waals surface area (Å²) < 4.78 is 1.18. The molecule has 1 amide bonds. The first-order valence-electron chi connectivity index (χ1n) is 6.77. The number of rotatable bonds is 5. The quantitative estimate of drug-likeness (QED) is 0.854. The Balaban J connectivity index is 2.20. The fourth-order valence-corrected chi connectivity index (χ4v) is 2.92. The molecule has 2 rings (SSSR count). The maximum absolute atomic E-state index is 12.3. The molecular formula is C14H17N3O4S. The predicted molar refractivity (Wildman–Crippen MR) is 83.0 cm³/mol. The summed E-state index contributed by atoms with van der Waals surface area (Å²) in [7, 11) is 0. The summed E-state index contributed by atoms with van der Waals surface area (Å²) >= 11 is 1.41. The van der Waals surface area contributed by atoms with Gasteiger partial charge in [0.05, 0.1) is 11.7 Å². The number of fused-ring (bicyclic) bond motifs is 1. The highest BCUT2D eigenvalue weighted by Crippen LogP contribution is 2.19. The number of nitrogens with zero attached hydrogens (tertiary/aromatic N) is 2. The van der Waals surface area contributed by atoms with Crippen molar-refractivity contribution in [2.75, 3.05) is 0 Å². The third-order valence-electron chi connectivity index (χ3n) is 3.20. The molecule has 0 fully saturated rings. The Kier molecular flexibility index (Phi) is 4.60. The van der Waals surface area contributed by atoms with E-state index in [0.717, 1.165) is 4.88 Å². The van der Waals surface area contributed by atoms with Gasteiger partial charge in [-0.3, -0.25) is 14.2 Å². The zero-order valence-electron chi connectivity index (χ0n) is 12.5. The Morgan fingerprint density at radius 3 is 2.73 bits per heavy atom. The molecule has 0 spiro atoms. The van der Waals surface area contributed by atoms with Crippen molar-refractivity contribution in [3.05, 3.63) is 27.6 Å². The minimum atomic E-state index is -1.10. The Morgan fingerprint density at radius 2 is 2.14 bits per heavy atom. The van der Waals surface area contributed by atoms with E-state index in [0.29, 0.717) is 10.2 Å². The number of nitrogens with one attached hydrogen (secondary N) is 1. The lowest BCUT2D eigenvalue weighted by Crippen LogP contribution is -2.46. The van der Waals surface area contributed by atoms with Gasteiger partial charge in [0.1, 0.15) is 17.4 Å². The van der Waals surface area contributed by atoms with Crippen molar-refractivity contribution >= 4 is 33.4 Å². The molecule has 0 radical (unpaired) electrons. The van der Waals surface area contributed by atoms with Crippen LogP contribution in [0.25, 0.3) is 10.2 Å². The van der Waals surface area contributed by atoms with E-state index in [4.69, 9.17) is 5.11 Å². The van der Waals surface area contributed by atoms with Gasteiger partial charge in [-0.05, 0) is 18.9 Å². The lowest BCUT2D eigenvalue weighted by molar-refractivity contribution is -0.143. The van der Waals surface area contributed by atoms with Gasteiger partial charge >= 0.3 is 5.97 Å². The van der Waals surface area contributed by atoms with Crippen LogP contribution in [-0.2, 0) is 16.1 Å². The number of thiophene rings is 1. The van der Waals surface area contributed by atoms with Crippen molar-refractivity contribution in [2.45, 2.75) is 33.4 Å². The van der Waals surface area contributed by atoms with Gasteiger partial charge in [-0.1, -0.05) is 13.8 Å². The maximum atomic E-state index is 12.3. The van der Waals surface area contributed by atoms with E-state index >= 15 is 0 Å². The molecule has 2 aromatic heterocycles. The molecule has 8 heteroatoms. The number of aryl methyl sites for hydroxylation is 1. The first kappa shape index (κ1) is 16.2. The minimum absolute atomic E-state index is 0.252. The largest absolute Gasteiger partial charge is 0.480 e. The Hall–Kier alpha value is -2.22. The topological polar surface area (TPSA) is 101 Å². The number of aromatic nitrogens is 2. The van der Waals surface area contributed by atoms with E-state index in [1.165, 1.54) is 22.2 Å². The van der Waals surface area contributed by atoms with Crippen LogP contribution in [0.4, 0.5) is 0 Å². The normalized spacial score (nSPS) is 12.5. The van der Waals surface area contributed by atoms with Crippen molar-refractivity contribution in [3.8, 4) is 0 Å². The van der Waals surface area contributed by atoms with Crippen LogP contribution in [0, 0.1) is 12.8 Å². The number of carbonyl (C=O) groups excluding carboxylic acids is 1. The van der Waals surface area contributed by atoms with E-state index in [9.17, 15) is 14.4 Å². The number of carboxylic acid groups (broad SMARTS) is 1. The SMILES string of the molecule is Cc1cc2c(=O)n(CC(=O)NC(C(=O)O)C(C)C)cnc2s1. The second kappa shape index (κ2) is 6.27. The van der Waals surface area contributed by atoms with Crippen molar-refractivity contribution in [1.82, 2.24) is 14.9 Å². The highest BCUT2D eigenvalue weighted by Gasteiger charge is 2.23. The summed E-state index contributed by atoms with van der Waals surface area (Å²) in [6, 6.07) is 0.751. The molecule has 1 atom stereocenters. The fourth-order valence-electron chi connectivity index (χ4n) is 2.08. The molecule has 0 aliphatic carbocycles. The number of hydrogen-bond acceptors (Lipinski definition) is 5. The van der Waals surface area contributed by atoms with Gasteiger partial charge in [0, 0.05) is 4.88 Å². The summed E-state index contributed by atoms with van der Waals surface area (Å²) in [6.07, 6.45) is 1.31. The van der Waals surface area contributed by atoms with Crippen LogP contribution in [0.5, 0.6) is 0 Å². The first-order chi connectivity index (χ1) is 10.3. The molecule has 0 saturated carbocycles. The molecule has 0 aliphatic rings. The molecule has 2 N–H and O–H groups in total. The standard InChI is InChI=1S/C14H17N3O4S/c1-7(2)11(14(20)21)16-10(18)5-17-6-15-12-9(13(17)19)4-8(3)22-12/h4,6-7,11H,5H2,1-3H3,(H,16,18)(H,20,21). The van der Waals surface area contributed by atoms with E-state index in [2.05, 4.69) is 10.3 Å². The molecule has 7 nitrogen and oxygen atoms in total. The average Bonchev–Trinajstić information content (AvgIpc) is 2.80. The highest BCUT2D eigenvalue weighted by atomic mass is 32.1. The number of hydrogen-bond donors (Lipinski definition) is 2. The third kappa shape index (κ3) is 3.33. The van der Waals surface area contributed by atoms with Gasteiger partial charge < -0.3 is 10.4 Å². The Morgan fingerprint density at radius 1 is 1.45 bits per heavy atom. The average molecular weight is 323 g/mol.